The zero-order chi connectivity index (χ0) is 8.27. The number of carbonyl (C=O) groups excluding carboxylic acids is 1. The van der Waals surface area contributed by atoms with Crippen molar-refractivity contribution in [3.8, 4) is 0 Å². The summed E-state index contributed by atoms with van der Waals surface area (Å²) in [6.07, 6.45) is 1.90. The maximum atomic E-state index is 10.7. The molecule has 1 aliphatic rings. The monoisotopic (exact) mass is 157 g/mol. The van der Waals surface area contributed by atoms with E-state index in [2.05, 4.69) is 0 Å². The molecule has 0 aromatic carbocycles. The van der Waals surface area contributed by atoms with E-state index in [-0.39, 0.29) is 11.9 Å². The van der Waals surface area contributed by atoms with Gasteiger partial charge in [-0.2, -0.15) is 0 Å². The van der Waals surface area contributed by atoms with E-state index in [1.807, 2.05) is 11.3 Å². The summed E-state index contributed by atoms with van der Waals surface area (Å²) in [4.78, 5) is 12.6. The van der Waals surface area contributed by atoms with Gasteiger partial charge < -0.3 is 10.5 Å². The molecule has 0 aliphatic carbocycles. The first-order valence-electron chi connectivity index (χ1n) is 3.61. The van der Waals surface area contributed by atoms with Gasteiger partial charge in [-0.05, 0) is 0 Å². The number of nitrogens with zero attached hydrogens (tertiary/aromatic N) is 1. The van der Waals surface area contributed by atoms with E-state index in [1.165, 1.54) is 0 Å². The largest absolute Gasteiger partial charge is 0.383 e. The van der Waals surface area contributed by atoms with Crippen LogP contribution in [-0.2, 0) is 9.53 Å². The van der Waals surface area contributed by atoms with Gasteiger partial charge in [0.2, 0.25) is 5.91 Å². The number of methoxy groups -OCH3 is 1. The fourth-order valence-corrected chi connectivity index (χ4v) is 1.09. The second kappa shape index (κ2) is 3.69. The Morgan fingerprint density at radius 2 is 2.64 bits per heavy atom. The molecule has 2 N–H and O–H groups in total. The van der Waals surface area contributed by atoms with Gasteiger partial charge in [0.1, 0.15) is 0 Å². The Bertz CT molecular complexity index is 149. The van der Waals surface area contributed by atoms with Crippen LogP contribution in [0.1, 0.15) is 0 Å². The molecule has 4 nitrogen and oxygen atoms in total. The van der Waals surface area contributed by atoms with Crippen molar-refractivity contribution in [2.45, 2.75) is 6.04 Å². The van der Waals surface area contributed by atoms with Crippen LogP contribution in [0.2, 0.25) is 0 Å². The Morgan fingerprint density at radius 1 is 1.91 bits per heavy atom. The topological polar surface area (TPSA) is 55.6 Å². The number of ether oxygens (including phenoxy) is 1. The average Bonchev–Trinajstić information content (AvgIpc) is 1.84. The van der Waals surface area contributed by atoms with E-state index in [4.69, 9.17) is 10.5 Å². The van der Waals surface area contributed by atoms with Gasteiger partial charge in [0.25, 0.3) is 0 Å². The fourth-order valence-electron chi connectivity index (χ4n) is 1.09. The number of likely N-dealkylation sites (tertiary alicyclic amines) is 1. The van der Waals surface area contributed by atoms with Gasteiger partial charge >= 0.3 is 0 Å². The number of hydrogen-bond acceptors (Lipinski definition) is 3. The molecular weight excluding hydrogens is 144 g/mol. The Hall–Kier alpha value is -0.610. The average molecular weight is 157 g/mol. The number of primary amides is 1. The summed E-state index contributed by atoms with van der Waals surface area (Å²) in [7, 11) is 1.64. The molecule has 0 aromatic rings. The zero-order valence-corrected chi connectivity index (χ0v) is 6.62. The highest BCUT2D eigenvalue weighted by molar-refractivity contribution is 5.82. The molecule has 1 aliphatic heterocycles. The molecule has 0 bridgehead atoms. The Labute approximate surface area is 66.3 Å². The molecule has 4 heteroatoms. The minimum atomic E-state index is -0.271. The molecule has 63 valence electrons. The van der Waals surface area contributed by atoms with Gasteiger partial charge in [0, 0.05) is 26.6 Å². The lowest BCUT2D eigenvalue weighted by Gasteiger charge is -2.37. The van der Waals surface area contributed by atoms with E-state index < -0.39 is 0 Å². The normalized spacial score (nSPS) is 24.6. The summed E-state index contributed by atoms with van der Waals surface area (Å²) in [5.41, 5.74) is 5.11. The van der Waals surface area contributed by atoms with Gasteiger partial charge in [0.15, 0.2) is 0 Å². The molecule has 1 saturated heterocycles. The second-order valence-electron chi connectivity index (χ2n) is 2.57. The third-order valence-corrected chi connectivity index (χ3v) is 1.83. The lowest BCUT2D eigenvalue weighted by molar-refractivity contribution is -0.124. The zero-order valence-electron chi connectivity index (χ0n) is 6.62. The maximum absolute atomic E-state index is 10.7. The Morgan fingerprint density at radius 3 is 3.00 bits per heavy atom. The van der Waals surface area contributed by atoms with Crippen molar-refractivity contribution in [1.29, 1.82) is 0 Å². The van der Waals surface area contributed by atoms with E-state index in [1.54, 1.807) is 7.11 Å². The molecule has 0 spiro atoms. The quantitative estimate of drug-likeness (QED) is 0.570. The van der Waals surface area contributed by atoms with Crippen molar-refractivity contribution in [3.63, 3.8) is 0 Å². The summed E-state index contributed by atoms with van der Waals surface area (Å²) < 4.78 is 4.87. The number of carbonyl (C=O) groups is 1. The number of hydrogen-bond donors (Lipinski definition) is 1. The van der Waals surface area contributed by atoms with Gasteiger partial charge in [-0.1, -0.05) is 0 Å². The van der Waals surface area contributed by atoms with Crippen molar-refractivity contribution in [3.05, 3.63) is 6.42 Å². The van der Waals surface area contributed by atoms with E-state index in [9.17, 15) is 4.79 Å². The van der Waals surface area contributed by atoms with Crippen LogP contribution in [0.3, 0.4) is 0 Å². The van der Waals surface area contributed by atoms with E-state index in [0.717, 1.165) is 13.1 Å². The third kappa shape index (κ3) is 1.91. The molecule has 1 atom stereocenters. The summed E-state index contributed by atoms with van der Waals surface area (Å²) in [5, 5.41) is 0. The van der Waals surface area contributed by atoms with Crippen molar-refractivity contribution in [2.75, 3.05) is 26.8 Å². The molecule has 1 fully saturated rings. The van der Waals surface area contributed by atoms with E-state index >= 15 is 0 Å². The summed E-state index contributed by atoms with van der Waals surface area (Å²) in [5.74, 6) is -0.271. The van der Waals surface area contributed by atoms with Crippen molar-refractivity contribution < 1.29 is 9.53 Å². The van der Waals surface area contributed by atoms with Crippen LogP contribution in [0, 0.1) is 6.42 Å². The first-order valence-corrected chi connectivity index (χ1v) is 3.61. The molecule has 1 radical (unpaired) electrons. The van der Waals surface area contributed by atoms with Gasteiger partial charge in [0.05, 0.1) is 12.6 Å². The summed E-state index contributed by atoms with van der Waals surface area (Å²) >= 11 is 0. The predicted octanol–water partition coefficient (Wildman–Crippen LogP) is -0.993. The first-order chi connectivity index (χ1) is 5.25. The molecule has 11 heavy (non-hydrogen) atoms. The lowest BCUT2D eigenvalue weighted by Crippen LogP contribution is -2.56. The van der Waals surface area contributed by atoms with Crippen molar-refractivity contribution in [1.82, 2.24) is 4.90 Å². The molecule has 1 unspecified atom stereocenters. The number of rotatable bonds is 4. The second-order valence-corrected chi connectivity index (χ2v) is 2.57. The predicted molar refractivity (Wildman–Crippen MR) is 40.7 cm³/mol. The summed E-state index contributed by atoms with van der Waals surface area (Å²) in [6.45, 7) is 2.27. The van der Waals surface area contributed by atoms with Crippen LogP contribution < -0.4 is 5.73 Å². The molecule has 1 amide bonds. The van der Waals surface area contributed by atoms with E-state index in [0.29, 0.717) is 6.61 Å². The van der Waals surface area contributed by atoms with Gasteiger partial charge in [-0.3, -0.25) is 9.69 Å². The van der Waals surface area contributed by atoms with Crippen molar-refractivity contribution >= 4 is 5.91 Å². The number of nitrogens with two attached hydrogens (primary N) is 1. The Kier molecular flexibility index (Phi) is 2.84. The molecule has 1 rings (SSSR count). The minimum Gasteiger partial charge on any atom is -0.383 e. The van der Waals surface area contributed by atoms with Crippen LogP contribution in [0.25, 0.3) is 0 Å². The van der Waals surface area contributed by atoms with Gasteiger partial charge in [-0.15, -0.1) is 0 Å². The molecule has 0 aromatic heterocycles. The smallest absolute Gasteiger partial charge is 0.235 e. The molecule has 0 saturated carbocycles. The van der Waals surface area contributed by atoms with Gasteiger partial charge in [-0.25, -0.2) is 0 Å². The van der Waals surface area contributed by atoms with Crippen LogP contribution in [0.4, 0.5) is 0 Å². The number of amides is 1. The van der Waals surface area contributed by atoms with Crippen LogP contribution in [-0.4, -0.2) is 43.7 Å². The highest BCUT2D eigenvalue weighted by Crippen LogP contribution is 2.14. The maximum Gasteiger partial charge on any atom is 0.235 e. The van der Waals surface area contributed by atoms with Crippen LogP contribution in [0.15, 0.2) is 0 Å². The SMILES string of the molecule is COCCN1C[CH]C1C(N)=O. The highest BCUT2D eigenvalue weighted by atomic mass is 16.5. The first kappa shape index (κ1) is 8.49. The van der Waals surface area contributed by atoms with Crippen LogP contribution >= 0.6 is 0 Å². The minimum absolute atomic E-state index is 0.162. The lowest BCUT2D eigenvalue weighted by atomic mass is 10.0. The fraction of sp³-hybridized carbons (Fsp3) is 0.714. The summed E-state index contributed by atoms with van der Waals surface area (Å²) in [6, 6.07) is -0.162. The van der Waals surface area contributed by atoms with Crippen molar-refractivity contribution in [2.24, 2.45) is 5.73 Å². The molecule has 1 heterocycles. The standard InChI is InChI=1S/C7H13N2O2/c1-11-5-4-9-3-2-6(9)7(8)10/h2,6H,3-5H2,1H3,(H2,8,10). The highest BCUT2D eigenvalue weighted by Gasteiger charge is 2.31. The molecular formula is C7H13N2O2. The third-order valence-electron chi connectivity index (χ3n) is 1.83. The van der Waals surface area contributed by atoms with Crippen LogP contribution in [0.5, 0.6) is 0 Å². The Balaban J connectivity index is 2.20.